The third-order valence-corrected chi connectivity index (χ3v) is 6.22. The fourth-order valence-corrected chi connectivity index (χ4v) is 4.47. The number of hydrogen-bond donors (Lipinski definition) is 2. The summed E-state index contributed by atoms with van der Waals surface area (Å²) in [5.74, 6) is -1.11. The second-order valence-electron chi connectivity index (χ2n) is 6.68. The molecule has 2 aromatic carbocycles. The zero-order valence-corrected chi connectivity index (χ0v) is 18.7. The van der Waals surface area contributed by atoms with E-state index in [0.29, 0.717) is 22.0 Å². The summed E-state index contributed by atoms with van der Waals surface area (Å²) >= 11 is 2.15. The van der Waals surface area contributed by atoms with Gasteiger partial charge in [-0.3, -0.25) is 18.7 Å². The minimum Gasteiger partial charge on any atom is -0.481 e. The zero-order valence-electron chi connectivity index (χ0n) is 17.1. The highest BCUT2D eigenvalue weighted by molar-refractivity contribution is 8.00. The van der Waals surface area contributed by atoms with Crippen molar-refractivity contribution in [2.45, 2.75) is 16.7 Å². The summed E-state index contributed by atoms with van der Waals surface area (Å²) in [4.78, 5) is 22.2. The minimum absolute atomic E-state index is 0.152. The monoisotopic (exact) mass is 482 g/mol. The topological polar surface area (TPSA) is 136 Å². The second-order valence-corrected chi connectivity index (χ2v) is 8.57. The first kappa shape index (κ1) is 22.6. The van der Waals surface area contributed by atoms with Gasteiger partial charge >= 0.3 is 11.9 Å². The molecule has 0 bridgehead atoms. The SMILES string of the molecule is O=C(O)CSc1nnc(Cc2nnc(SCC(=O)O)n2-c2ccccc2)n1-c1ccccc1. The Morgan fingerprint density at radius 2 is 1.06 bits per heavy atom. The first-order valence-electron chi connectivity index (χ1n) is 9.71. The quantitative estimate of drug-likeness (QED) is 0.325. The molecule has 0 saturated heterocycles. The molecule has 4 aromatic rings. The minimum atomic E-state index is -0.951. The molecule has 0 radical (unpaired) electrons. The van der Waals surface area contributed by atoms with Crippen molar-refractivity contribution in [2.75, 3.05) is 11.5 Å². The van der Waals surface area contributed by atoms with Gasteiger partial charge in [-0.25, -0.2) is 0 Å². The normalized spacial score (nSPS) is 10.9. The molecule has 0 aliphatic rings. The maximum atomic E-state index is 11.1. The summed E-state index contributed by atoms with van der Waals surface area (Å²) < 4.78 is 3.59. The van der Waals surface area contributed by atoms with E-state index < -0.39 is 11.9 Å². The van der Waals surface area contributed by atoms with Crippen LogP contribution in [0.2, 0.25) is 0 Å². The van der Waals surface area contributed by atoms with E-state index in [9.17, 15) is 9.59 Å². The largest absolute Gasteiger partial charge is 0.481 e. The Hall–Kier alpha value is -3.64. The number of carboxylic acids is 2. The average Bonchev–Trinajstić information content (AvgIpc) is 3.41. The Bertz CT molecular complexity index is 1160. The Kier molecular flexibility index (Phi) is 7.05. The number of thioether (sulfide) groups is 2. The van der Waals surface area contributed by atoms with Crippen LogP contribution in [0.1, 0.15) is 11.6 Å². The van der Waals surface area contributed by atoms with Gasteiger partial charge in [0, 0.05) is 11.4 Å². The van der Waals surface area contributed by atoms with Crippen LogP contribution in [0.3, 0.4) is 0 Å². The third-order valence-electron chi connectivity index (χ3n) is 4.40. The van der Waals surface area contributed by atoms with Crippen LogP contribution >= 0.6 is 23.5 Å². The predicted octanol–water partition coefficient (Wildman–Crippen LogP) is 2.79. The molecule has 2 heterocycles. The fourth-order valence-electron chi connectivity index (χ4n) is 3.08. The molecular formula is C21H18N6O4S2. The van der Waals surface area contributed by atoms with Crippen LogP contribution in [0.5, 0.6) is 0 Å². The number of hydrogen-bond acceptors (Lipinski definition) is 8. The highest BCUT2D eigenvalue weighted by Gasteiger charge is 2.21. The van der Waals surface area contributed by atoms with Gasteiger partial charge in [-0.1, -0.05) is 59.9 Å². The van der Waals surface area contributed by atoms with Crippen molar-refractivity contribution in [3.8, 4) is 11.4 Å². The molecule has 4 rings (SSSR count). The molecule has 0 amide bonds. The summed E-state index contributed by atoms with van der Waals surface area (Å²) in [6.45, 7) is 0. The van der Waals surface area contributed by atoms with Crippen LogP contribution in [0.15, 0.2) is 71.0 Å². The lowest BCUT2D eigenvalue weighted by Gasteiger charge is -2.12. The standard InChI is InChI=1S/C21H18N6O4S2/c28-18(29)12-32-20-24-22-16(26(20)14-7-3-1-4-8-14)11-17-23-25-21(33-13-19(30)31)27(17)15-9-5-2-6-10-15/h1-10H,11-13H2,(H,28,29)(H,30,31). The molecule has 33 heavy (non-hydrogen) atoms. The number of para-hydroxylation sites is 2. The molecule has 0 aliphatic carbocycles. The molecular weight excluding hydrogens is 464 g/mol. The molecule has 2 N–H and O–H groups in total. The number of aliphatic carboxylic acids is 2. The summed E-state index contributed by atoms with van der Waals surface area (Å²) in [5, 5.41) is 36.1. The van der Waals surface area contributed by atoms with Crippen molar-refractivity contribution < 1.29 is 19.8 Å². The van der Waals surface area contributed by atoms with E-state index in [0.717, 1.165) is 34.9 Å². The van der Waals surface area contributed by atoms with Gasteiger partial charge in [0.25, 0.3) is 0 Å². The molecule has 0 saturated carbocycles. The molecule has 0 fully saturated rings. The van der Waals surface area contributed by atoms with Gasteiger partial charge in [-0.2, -0.15) is 0 Å². The number of nitrogens with zero attached hydrogens (tertiary/aromatic N) is 6. The van der Waals surface area contributed by atoms with Crippen LogP contribution in [-0.2, 0) is 16.0 Å². The van der Waals surface area contributed by atoms with Crippen molar-refractivity contribution in [1.82, 2.24) is 29.5 Å². The van der Waals surface area contributed by atoms with Crippen molar-refractivity contribution in [1.29, 1.82) is 0 Å². The highest BCUT2D eigenvalue weighted by atomic mass is 32.2. The van der Waals surface area contributed by atoms with Crippen LogP contribution < -0.4 is 0 Å². The van der Waals surface area contributed by atoms with Gasteiger partial charge in [0.2, 0.25) is 0 Å². The van der Waals surface area contributed by atoms with Crippen LogP contribution in [-0.4, -0.2) is 63.2 Å². The molecule has 12 heteroatoms. The third kappa shape index (κ3) is 5.41. The number of aromatic nitrogens is 6. The first-order chi connectivity index (χ1) is 16.0. The van der Waals surface area contributed by atoms with Gasteiger partial charge < -0.3 is 10.2 Å². The van der Waals surface area contributed by atoms with Crippen molar-refractivity contribution >= 4 is 35.5 Å². The number of carbonyl (C=O) groups is 2. The average molecular weight is 483 g/mol. The van der Waals surface area contributed by atoms with E-state index in [2.05, 4.69) is 20.4 Å². The van der Waals surface area contributed by atoms with E-state index >= 15 is 0 Å². The highest BCUT2D eigenvalue weighted by Crippen LogP contribution is 2.26. The molecule has 0 atom stereocenters. The molecule has 10 nitrogen and oxygen atoms in total. The Morgan fingerprint density at radius 3 is 1.42 bits per heavy atom. The predicted molar refractivity (Wildman–Crippen MR) is 122 cm³/mol. The first-order valence-corrected chi connectivity index (χ1v) is 11.7. The van der Waals surface area contributed by atoms with Crippen molar-refractivity contribution in [3.05, 3.63) is 72.3 Å². The lowest BCUT2D eigenvalue weighted by Crippen LogP contribution is -2.09. The molecule has 0 unspecified atom stereocenters. The summed E-state index contributed by atoms with van der Waals surface area (Å²) in [5.41, 5.74) is 1.58. The summed E-state index contributed by atoms with van der Waals surface area (Å²) in [6.07, 6.45) is 0.241. The van der Waals surface area contributed by atoms with Crippen molar-refractivity contribution in [2.24, 2.45) is 0 Å². The van der Waals surface area contributed by atoms with Crippen LogP contribution in [0.25, 0.3) is 11.4 Å². The molecule has 0 spiro atoms. The van der Waals surface area contributed by atoms with E-state index in [-0.39, 0.29) is 17.9 Å². The lowest BCUT2D eigenvalue weighted by atomic mass is 10.3. The van der Waals surface area contributed by atoms with Gasteiger partial charge in [0.1, 0.15) is 11.6 Å². The van der Waals surface area contributed by atoms with Crippen molar-refractivity contribution in [3.63, 3.8) is 0 Å². The number of carboxylic acid groups (broad SMARTS) is 2. The summed E-state index contributed by atoms with van der Waals surface area (Å²) in [6, 6.07) is 18.8. The van der Waals surface area contributed by atoms with Gasteiger partial charge in [0.05, 0.1) is 17.9 Å². The Balaban J connectivity index is 1.75. The lowest BCUT2D eigenvalue weighted by molar-refractivity contribution is -0.134. The second kappa shape index (κ2) is 10.3. The van der Waals surface area contributed by atoms with Gasteiger partial charge in [-0.15, -0.1) is 20.4 Å². The van der Waals surface area contributed by atoms with E-state index in [1.807, 2.05) is 60.7 Å². The number of rotatable bonds is 10. The van der Waals surface area contributed by atoms with E-state index in [1.165, 1.54) is 0 Å². The van der Waals surface area contributed by atoms with Gasteiger partial charge in [-0.05, 0) is 24.3 Å². The smallest absolute Gasteiger partial charge is 0.313 e. The number of benzene rings is 2. The zero-order chi connectivity index (χ0) is 23.2. The maximum Gasteiger partial charge on any atom is 0.313 e. The Labute approximate surface area is 196 Å². The molecule has 168 valence electrons. The van der Waals surface area contributed by atoms with E-state index in [4.69, 9.17) is 10.2 Å². The van der Waals surface area contributed by atoms with Crippen LogP contribution in [0.4, 0.5) is 0 Å². The molecule has 0 aliphatic heterocycles. The summed E-state index contributed by atoms with van der Waals surface area (Å²) in [7, 11) is 0. The van der Waals surface area contributed by atoms with E-state index in [1.54, 1.807) is 9.13 Å². The maximum absolute atomic E-state index is 11.1. The molecule has 2 aromatic heterocycles. The Morgan fingerprint density at radius 1 is 0.667 bits per heavy atom. The fraction of sp³-hybridized carbons (Fsp3) is 0.143. The van der Waals surface area contributed by atoms with Crippen LogP contribution in [0, 0.1) is 0 Å². The van der Waals surface area contributed by atoms with Gasteiger partial charge in [0.15, 0.2) is 10.3 Å².